The van der Waals surface area contributed by atoms with Crippen molar-refractivity contribution >= 4 is 17.4 Å². The van der Waals surface area contributed by atoms with Gasteiger partial charge >= 0.3 is 0 Å². The van der Waals surface area contributed by atoms with E-state index in [1.165, 1.54) is 7.11 Å². The van der Waals surface area contributed by atoms with Crippen molar-refractivity contribution in [2.45, 2.75) is 6.92 Å². The summed E-state index contributed by atoms with van der Waals surface area (Å²) in [5.74, 6) is 0.453. The molecule has 0 saturated carbocycles. The van der Waals surface area contributed by atoms with E-state index >= 15 is 0 Å². The highest BCUT2D eigenvalue weighted by Gasteiger charge is 2.17. The summed E-state index contributed by atoms with van der Waals surface area (Å²) in [5, 5.41) is 3.27. The van der Waals surface area contributed by atoms with Crippen LogP contribution in [0, 0.1) is 6.92 Å². The predicted octanol–water partition coefficient (Wildman–Crippen LogP) is 2.06. The lowest BCUT2D eigenvalue weighted by Crippen LogP contribution is -2.19. The van der Waals surface area contributed by atoms with Crippen molar-refractivity contribution in [3.05, 3.63) is 28.3 Å². The quantitative estimate of drug-likeness (QED) is 0.801. The molecule has 15 heavy (non-hydrogen) atoms. The van der Waals surface area contributed by atoms with Crippen molar-refractivity contribution in [1.82, 2.24) is 5.32 Å². The highest BCUT2D eigenvalue weighted by Crippen LogP contribution is 2.29. The highest BCUT2D eigenvalue weighted by atomic mass is 35.5. The maximum atomic E-state index is 11.8. The predicted molar refractivity (Wildman–Crippen MR) is 61.0 cm³/mol. The SMILES string of the molecule is CNCC(=O)c1c(OC)ccc(C)c1Cl. The summed E-state index contributed by atoms with van der Waals surface area (Å²) < 4.78 is 5.12. The van der Waals surface area contributed by atoms with Crippen LogP contribution >= 0.6 is 11.6 Å². The van der Waals surface area contributed by atoms with Crippen molar-refractivity contribution in [3.8, 4) is 5.75 Å². The molecule has 3 nitrogen and oxygen atoms in total. The molecule has 0 saturated heterocycles. The van der Waals surface area contributed by atoms with Gasteiger partial charge in [-0.15, -0.1) is 0 Å². The van der Waals surface area contributed by atoms with E-state index in [2.05, 4.69) is 5.32 Å². The van der Waals surface area contributed by atoms with E-state index < -0.39 is 0 Å². The van der Waals surface area contributed by atoms with Crippen LogP contribution in [0.1, 0.15) is 15.9 Å². The number of aryl methyl sites for hydroxylation is 1. The van der Waals surface area contributed by atoms with Gasteiger partial charge in [-0.25, -0.2) is 0 Å². The van der Waals surface area contributed by atoms with E-state index in [4.69, 9.17) is 16.3 Å². The standard InChI is InChI=1S/C11H14ClNO2/c1-7-4-5-9(15-3)10(11(7)12)8(14)6-13-2/h4-5,13H,6H2,1-3H3. The topological polar surface area (TPSA) is 38.3 Å². The minimum atomic E-state index is -0.0666. The summed E-state index contributed by atoms with van der Waals surface area (Å²) in [7, 11) is 3.24. The fourth-order valence-electron chi connectivity index (χ4n) is 1.34. The van der Waals surface area contributed by atoms with Crippen LogP contribution in [0.3, 0.4) is 0 Å². The number of ketones is 1. The zero-order chi connectivity index (χ0) is 11.4. The number of carbonyl (C=O) groups is 1. The number of halogens is 1. The number of ether oxygens (including phenoxy) is 1. The molecule has 0 aliphatic carbocycles. The minimum absolute atomic E-state index is 0.0666. The molecule has 0 amide bonds. The second-order valence-corrected chi connectivity index (χ2v) is 3.61. The second kappa shape index (κ2) is 5.14. The lowest BCUT2D eigenvalue weighted by molar-refractivity contribution is 0.0991. The van der Waals surface area contributed by atoms with Crippen LogP contribution < -0.4 is 10.1 Å². The van der Waals surface area contributed by atoms with Gasteiger partial charge in [0.25, 0.3) is 0 Å². The number of nitrogens with one attached hydrogen (secondary N) is 1. The normalized spacial score (nSPS) is 10.1. The molecule has 0 aromatic heterocycles. The van der Waals surface area contributed by atoms with Crippen LogP contribution in [0.5, 0.6) is 5.75 Å². The number of carbonyl (C=O) groups excluding carboxylic acids is 1. The molecule has 1 aromatic rings. The van der Waals surface area contributed by atoms with Gasteiger partial charge in [-0.2, -0.15) is 0 Å². The zero-order valence-corrected chi connectivity index (χ0v) is 9.81. The third-order valence-corrected chi connectivity index (χ3v) is 2.62. The van der Waals surface area contributed by atoms with Crippen LogP contribution in [0.25, 0.3) is 0 Å². The molecule has 82 valence electrons. The van der Waals surface area contributed by atoms with E-state index in [0.29, 0.717) is 16.3 Å². The second-order valence-electron chi connectivity index (χ2n) is 3.23. The zero-order valence-electron chi connectivity index (χ0n) is 9.06. The minimum Gasteiger partial charge on any atom is -0.496 e. The first-order chi connectivity index (χ1) is 7.11. The molecule has 0 atom stereocenters. The van der Waals surface area contributed by atoms with Crippen LogP contribution in [-0.2, 0) is 0 Å². The summed E-state index contributed by atoms with van der Waals surface area (Å²) in [6.07, 6.45) is 0. The number of rotatable bonds is 4. The number of Topliss-reactive ketones (excluding diaryl/α,β-unsaturated/α-hetero) is 1. The Morgan fingerprint density at radius 2 is 2.20 bits per heavy atom. The lowest BCUT2D eigenvalue weighted by Gasteiger charge is -2.11. The van der Waals surface area contributed by atoms with Gasteiger partial charge in [0.15, 0.2) is 5.78 Å². The summed E-state index contributed by atoms with van der Waals surface area (Å²) in [5.41, 5.74) is 1.32. The Labute approximate surface area is 94.4 Å². The summed E-state index contributed by atoms with van der Waals surface area (Å²) >= 11 is 6.08. The first-order valence-corrected chi connectivity index (χ1v) is 5.00. The molecular weight excluding hydrogens is 214 g/mol. The number of hydrogen-bond donors (Lipinski definition) is 1. The van der Waals surface area contributed by atoms with E-state index in [1.807, 2.05) is 13.0 Å². The molecular formula is C11H14ClNO2. The van der Waals surface area contributed by atoms with Crippen molar-refractivity contribution in [3.63, 3.8) is 0 Å². The Morgan fingerprint density at radius 1 is 1.53 bits per heavy atom. The first-order valence-electron chi connectivity index (χ1n) is 4.62. The maximum absolute atomic E-state index is 11.8. The van der Waals surface area contributed by atoms with Crippen molar-refractivity contribution < 1.29 is 9.53 Å². The van der Waals surface area contributed by atoms with Gasteiger partial charge in [0.05, 0.1) is 24.2 Å². The Kier molecular flexibility index (Phi) is 4.12. The number of likely N-dealkylation sites (N-methyl/N-ethyl adjacent to an activating group) is 1. The third-order valence-electron chi connectivity index (χ3n) is 2.13. The van der Waals surface area contributed by atoms with Gasteiger partial charge in [-0.05, 0) is 25.6 Å². The Hall–Kier alpha value is -1.06. The largest absolute Gasteiger partial charge is 0.496 e. The van der Waals surface area contributed by atoms with Gasteiger partial charge < -0.3 is 10.1 Å². The van der Waals surface area contributed by atoms with Gasteiger partial charge in [-0.3, -0.25) is 4.79 Å². The Bertz CT molecular complexity index is 377. The monoisotopic (exact) mass is 227 g/mol. The van der Waals surface area contributed by atoms with Gasteiger partial charge in [0.2, 0.25) is 0 Å². The molecule has 0 unspecified atom stereocenters. The van der Waals surface area contributed by atoms with Gasteiger partial charge in [-0.1, -0.05) is 17.7 Å². The maximum Gasteiger partial charge on any atom is 0.181 e. The average molecular weight is 228 g/mol. The fraction of sp³-hybridized carbons (Fsp3) is 0.364. The van der Waals surface area contributed by atoms with Crippen LogP contribution in [0.2, 0.25) is 5.02 Å². The molecule has 0 radical (unpaired) electrons. The summed E-state index contributed by atoms with van der Waals surface area (Å²) in [4.78, 5) is 11.8. The van der Waals surface area contributed by atoms with E-state index in [1.54, 1.807) is 13.1 Å². The van der Waals surface area contributed by atoms with Gasteiger partial charge in [0, 0.05) is 0 Å². The van der Waals surface area contributed by atoms with E-state index in [-0.39, 0.29) is 12.3 Å². The first kappa shape index (κ1) is 12.0. The molecule has 0 aliphatic heterocycles. The molecule has 1 N–H and O–H groups in total. The van der Waals surface area contributed by atoms with Crippen molar-refractivity contribution in [1.29, 1.82) is 0 Å². The molecule has 0 bridgehead atoms. The summed E-state index contributed by atoms with van der Waals surface area (Å²) in [6, 6.07) is 3.58. The fourth-order valence-corrected chi connectivity index (χ4v) is 1.60. The molecule has 0 aliphatic rings. The van der Waals surface area contributed by atoms with E-state index in [0.717, 1.165) is 5.56 Å². The van der Waals surface area contributed by atoms with Crippen LogP contribution in [0.15, 0.2) is 12.1 Å². The molecule has 0 spiro atoms. The number of hydrogen-bond acceptors (Lipinski definition) is 3. The molecule has 1 rings (SSSR count). The Balaban J connectivity index is 3.23. The number of methoxy groups -OCH3 is 1. The third kappa shape index (κ3) is 2.49. The van der Waals surface area contributed by atoms with Crippen LogP contribution in [-0.4, -0.2) is 26.5 Å². The highest BCUT2D eigenvalue weighted by molar-refractivity contribution is 6.35. The van der Waals surface area contributed by atoms with Crippen LogP contribution in [0.4, 0.5) is 0 Å². The molecule has 4 heteroatoms. The average Bonchev–Trinajstić information content (AvgIpc) is 2.22. The Morgan fingerprint density at radius 3 is 2.73 bits per heavy atom. The molecule has 1 aromatic carbocycles. The molecule has 0 heterocycles. The van der Waals surface area contributed by atoms with E-state index in [9.17, 15) is 4.79 Å². The lowest BCUT2D eigenvalue weighted by atomic mass is 10.1. The summed E-state index contributed by atoms with van der Waals surface area (Å²) in [6.45, 7) is 2.11. The smallest absolute Gasteiger partial charge is 0.181 e. The van der Waals surface area contributed by atoms with Gasteiger partial charge in [0.1, 0.15) is 5.75 Å². The van der Waals surface area contributed by atoms with Crippen molar-refractivity contribution in [2.75, 3.05) is 20.7 Å². The molecule has 0 fully saturated rings. The number of benzene rings is 1. The van der Waals surface area contributed by atoms with Crippen molar-refractivity contribution in [2.24, 2.45) is 0 Å².